The first-order valence-corrected chi connectivity index (χ1v) is 12.4. The Kier molecular flexibility index (Phi) is 6.26. The van der Waals surface area contributed by atoms with E-state index in [2.05, 4.69) is 83.9 Å². The van der Waals surface area contributed by atoms with E-state index < -0.39 is 0 Å². The second-order valence-electron chi connectivity index (χ2n) is 10.9. The van der Waals surface area contributed by atoms with E-state index in [1.807, 2.05) is 22.9 Å². The van der Waals surface area contributed by atoms with E-state index >= 15 is 0 Å². The molecule has 3 aliphatic rings. The lowest BCUT2D eigenvalue weighted by atomic mass is 9.75. The molecule has 2 aromatic carbocycles. The number of amides is 1. The summed E-state index contributed by atoms with van der Waals surface area (Å²) < 4.78 is 1.98. The Hall–Kier alpha value is -2.99. The summed E-state index contributed by atoms with van der Waals surface area (Å²) in [5.41, 5.74) is 4.61. The number of nitrogens with zero attached hydrogens (tertiary/aromatic N) is 4. The number of rotatable bonds is 6. The van der Waals surface area contributed by atoms with Crippen molar-refractivity contribution in [3.05, 3.63) is 71.9 Å². The first-order valence-electron chi connectivity index (χ1n) is 12.4. The number of benzene rings is 2. The zero-order valence-corrected chi connectivity index (χ0v) is 20.4. The summed E-state index contributed by atoms with van der Waals surface area (Å²) in [6.07, 6.45) is 4.20. The van der Waals surface area contributed by atoms with Gasteiger partial charge in [0.2, 0.25) is 5.91 Å². The monoisotopic (exact) mass is 457 g/mol. The first kappa shape index (κ1) is 22.8. The third kappa shape index (κ3) is 4.92. The van der Waals surface area contributed by atoms with Gasteiger partial charge in [-0.05, 0) is 41.8 Å². The van der Waals surface area contributed by atoms with E-state index in [4.69, 9.17) is 0 Å². The fourth-order valence-electron chi connectivity index (χ4n) is 5.42. The number of hydrogen-bond donors (Lipinski definition) is 1. The highest BCUT2D eigenvalue weighted by atomic mass is 16.1. The number of aromatic nitrogens is 3. The Morgan fingerprint density at radius 3 is 2.53 bits per heavy atom. The topological polar surface area (TPSA) is 63.1 Å². The van der Waals surface area contributed by atoms with Crippen LogP contribution in [-0.4, -0.2) is 44.9 Å². The van der Waals surface area contributed by atoms with Crippen molar-refractivity contribution in [2.24, 2.45) is 11.8 Å². The molecule has 3 fully saturated rings. The van der Waals surface area contributed by atoms with Gasteiger partial charge in [-0.25, -0.2) is 0 Å². The molecule has 1 unspecified atom stereocenters. The van der Waals surface area contributed by atoms with Gasteiger partial charge in [-0.1, -0.05) is 80.6 Å². The average Bonchev–Trinajstić information content (AvgIpc) is 3.31. The summed E-state index contributed by atoms with van der Waals surface area (Å²) in [4.78, 5) is 15.4. The standard InChI is InChI=1S/C28H35N5O/c1-28(2,3)23-11-9-21(10-12-23)26-19-33(31-30-26)17-24-15-22-13-14-32(24)18-25(22)27(34)29-16-20-7-5-4-6-8-20/h4-12,19,22,24-25H,13-18H2,1-3H3,(H,29,34)/t22-,24-,25+/m1/s1. The van der Waals surface area contributed by atoms with Gasteiger partial charge >= 0.3 is 0 Å². The molecule has 2 bridgehead atoms. The maximum atomic E-state index is 12.9. The molecular weight excluding hydrogens is 422 g/mol. The molecule has 6 nitrogen and oxygen atoms in total. The van der Waals surface area contributed by atoms with E-state index in [1.54, 1.807) is 0 Å². The number of carbonyl (C=O) groups excluding carboxylic acids is 1. The van der Waals surface area contributed by atoms with Crippen LogP contribution in [0.5, 0.6) is 0 Å². The summed E-state index contributed by atoms with van der Waals surface area (Å²) in [7, 11) is 0. The average molecular weight is 458 g/mol. The molecule has 0 radical (unpaired) electrons. The Morgan fingerprint density at radius 2 is 1.85 bits per heavy atom. The van der Waals surface area contributed by atoms with Crippen molar-refractivity contribution in [3.8, 4) is 11.3 Å². The van der Waals surface area contributed by atoms with Crippen molar-refractivity contribution in [1.82, 2.24) is 25.2 Å². The predicted molar refractivity (Wildman–Crippen MR) is 134 cm³/mol. The van der Waals surface area contributed by atoms with Crippen LogP contribution >= 0.6 is 0 Å². The minimum atomic E-state index is 0.0846. The van der Waals surface area contributed by atoms with E-state index in [0.717, 1.165) is 49.3 Å². The van der Waals surface area contributed by atoms with Gasteiger partial charge < -0.3 is 5.32 Å². The van der Waals surface area contributed by atoms with E-state index in [9.17, 15) is 4.79 Å². The minimum absolute atomic E-state index is 0.0846. The molecule has 3 aromatic rings. The molecule has 4 atom stereocenters. The Bertz CT molecular complexity index is 1120. The molecule has 1 amide bonds. The van der Waals surface area contributed by atoms with Crippen molar-refractivity contribution in [3.63, 3.8) is 0 Å². The normalized spacial score (nSPS) is 24.2. The lowest BCUT2D eigenvalue weighted by molar-refractivity contribution is -0.133. The van der Waals surface area contributed by atoms with E-state index in [1.165, 1.54) is 5.56 Å². The summed E-state index contributed by atoms with van der Waals surface area (Å²) in [5, 5.41) is 12.0. The predicted octanol–water partition coefficient (Wildman–Crippen LogP) is 4.27. The fourth-order valence-corrected chi connectivity index (χ4v) is 5.42. The third-order valence-electron chi connectivity index (χ3n) is 7.51. The molecule has 3 saturated heterocycles. The number of piperidine rings is 3. The van der Waals surface area contributed by atoms with Gasteiger partial charge in [0.1, 0.15) is 5.69 Å². The Balaban J connectivity index is 1.18. The molecule has 0 spiro atoms. The summed E-state index contributed by atoms with van der Waals surface area (Å²) in [6, 6.07) is 19.2. The summed E-state index contributed by atoms with van der Waals surface area (Å²) in [5.74, 6) is 0.721. The zero-order chi connectivity index (χ0) is 23.7. The van der Waals surface area contributed by atoms with Gasteiger partial charge in [-0.2, -0.15) is 0 Å². The van der Waals surface area contributed by atoms with Crippen LogP contribution in [0.3, 0.4) is 0 Å². The van der Waals surface area contributed by atoms with Gasteiger partial charge in [0, 0.05) is 24.7 Å². The molecule has 1 N–H and O–H groups in total. The highest BCUT2D eigenvalue weighted by Gasteiger charge is 2.43. The maximum Gasteiger partial charge on any atom is 0.224 e. The maximum absolute atomic E-state index is 12.9. The molecule has 178 valence electrons. The van der Waals surface area contributed by atoms with Crippen molar-refractivity contribution >= 4 is 5.91 Å². The molecule has 6 rings (SSSR count). The second-order valence-corrected chi connectivity index (χ2v) is 10.9. The molecular formula is C28H35N5O. The third-order valence-corrected chi connectivity index (χ3v) is 7.51. The smallest absolute Gasteiger partial charge is 0.224 e. The van der Waals surface area contributed by atoms with Gasteiger partial charge in [0.05, 0.1) is 18.7 Å². The van der Waals surface area contributed by atoms with Crippen molar-refractivity contribution in [2.75, 3.05) is 13.1 Å². The fraction of sp³-hybridized carbons (Fsp3) is 0.464. The van der Waals surface area contributed by atoms with E-state index in [-0.39, 0.29) is 17.2 Å². The van der Waals surface area contributed by atoms with Gasteiger partial charge in [-0.3, -0.25) is 14.4 Å². The molecule has 34 heavy (non-hydrogen) atoms. The van der Waals surface area contributed by atoms with Gasteiger partial charge in [-0.15, -0.1) is 5.10 Å². The minimum Gasteiger partial charge on any atom is -0.352 e. The number of hydrogen-bond acceptors (Lipinski definition) is 4. The molecule has 3 aliphatic heterocycles. The summed E-state index contributed by atoms with van der Waals surface area (Å²) >= 11 is 0. The lowest BCUT2D eigenvalue weighted by Gasteiger charge is -2.49. The highest BCUT2D eigenvalue weighted by molar-refractivity contribution is 5.79. The van der Waals surface area contributed by atoms with Gasteiger partial charge in [0.25, 0.3) is 0 Å². The molecule has 0 aliphatic carbocycles. The van der Waals surface area contributed by atoms with Crippen LogP contribution in [-0.2, 0) is 23.3 Å². The summed E-state index contributed by atoms with van der Waals surface area (Å²) in [6.45, 7) is 10.0. The first-order chi connectivity index (χ1) is 16.4. The molecule has 0 saturated carbocycles. The van der Waals surface area contributed by atoms with Crippen molar-refractivity contribution in [2.45, 2.75) is 58.2 Å². The second kappa shape index (κ2) is 9.34. The lowest BCUT2D eigenvalue weighted by Crippen LogP contribution is -2.57. The van der Waals surface area contributed by atoms with Crippen LogP contribution in [0, 0.1) is 11.8 Å². The molecule has 6 heteroatoms. The highest BCUT2D eigenvalue weighted by Crippen LogP contribution is 2.37. The quantitative estimate of drug-likeness (QED) is 0.601. The van der Waals surface area contributed by atoms with Crippen LogP contribution in [0.4, 0.5) is 0 Å². The zero-order valence-electron chi connectivity index (χ0n) is 20.4. The SMILES string of the molecule is CC(C)(C)c1ccc(-c2cn(C[C@H]3C[C@H]4CCN3C[C@@H]4C(=O)NCc3ccccc3)nn2)cc1. The Morgan fingerprint density at radius 1 is 1.09 bits per heavy atom. The van der Waals surface area contributed by atoms with Crippen molar-refractivity contribution < 1.29 is 4.79 Å². The van der Waals surface area contributed by atoms with Crippen LogP contribution in [0.1, 0.15) is 44.7 Å². The van der Waals surface area contributed by atoms with E-state index in [0.29, 0.717) is 18.5 Å². The largest absolute Gasteiger partial charge is 0.352 e. The van der Waals surface area contributed by atoms with Crippen LogP contribution in [0.2, 0.25) is 0 Å². The number of fused-ring (bicyclic) bond motifs is 3. The molecule has 4 heterocycles. The van der Waals surface area contributed by atoms with Crippen LogP contribution in [0.25, 0.3) is 11.3 Å². The number of carbonyl (C=O) groups is 1. The van der Waals surface area contributed by atoms with Crippen molar-refractivity contribution in [1.29, 1.82) is 0 Å². The Labute approximate surface area is 202 Å². The molecule has 1 aromatic heterocycles. The van der Waals surface area contributed by atoms with Crippen LogP contribution < -0.4 is 5.32 Å². The van der Waals surface area contributed by atoms with Gasteiger partial charge in [0.15, 0.2) is 0 Å². The van der Waals surface area contributed by atoms with Crippen LogP contribution in [0.15, 0.2) is 60.8 Å². The number of nitrogens with one attached hydrogen (secondary N) is 1.